The maximum Gasteiger partial charge on any atom is 0.242 e. The van der Waals surface area contributed by atoms with E-state index in [1.54, 1.807) is 11.9 Å². The number of amides is 1. The number of nitrogens with two attached hydrogens (primary N) is 1. The summed E-state index contributed by atoms with van der Waals surface area (Å²) in [6.45, 7) is 0.930. The van der Waals surface area contributed by atoms with E-state index in [-0.39, 0.29) is 5.91 Å². The molecule has 5 nitrogen and oxygen atoms in total. The van der Waals surface area contributed by atoms with Gasteiger partial charge in [0.1, 0.15) is 12.4 Å². The maximum absolute atomic E-state index is 11.6. The van der Waals surface area contributed by atoms with Gasteiger partial charge >= 0.3 is 0 Å². The molecule has 1 amide bonds. The average Bonchev–Trinajstić information content (AvgIpc) is 2.55. The number of carbonyl (C=O) groups excluding carboxylic acids is 1. The molecule has 5 heteroatoms. The van der Waals surface area contributed by atoms with Gasteiger partial charge in [0, 0.05) is 12.7 Å². The van der Waals surface area contributed by atoms with Crippen LogP contribution in [0.1, 0.15) is 5.82 Å². The van der Waals surface area contributed by atoms with Gasteiger partial charge in [-0.05, 0) is 18.2 Å². The predicted molar refractivity (Wildman–Crippen MR) is 60.6 cm³/mol. The first-order valence-electron chi connectivity index (χ1n) is 5.14. The number of nitrogen functional groups attached to an aromatic ring is 1. The van der Waals surface area contributed by atoms with Crippen LogP contribution in [0, 0.1) is 0 Å². The highest BCUT2D eigenvalue weighted by Crippen LogP contribution is 2.22. The number of benzene rings is 1. The van der Waals surface area contributed by atoms with Gasteiger partial charge in [0.15, 0.2) is 0 Å². The third kappa shape index (κ3) is 1.18. The van der Waals surface area contributed by atoms with Crippen LogP contribution >= 0.6 is 0 Å². The van der Waals surface area contributed by atoms with Crippen molar-refractivity contribution in [1.82, 2.24) is 14.5 Å². The minimum absolute atomic E-state index is 0.114. The Morgan fingerprint density at radius 2 is 2.19 bits per heavy atom. The number of nitrogens with zero attached hydrogens (tertiary/aromatic N) is 3. The summed E-state index contributed by atoms with van der Waals surface area (Å²) in [6, 6.07) is 5.59. The SMILES string of the molecule is CN1Cc2nc3cc(N)ccc3n2CC1=O. The molecule has 82 valence electrons. The quantitative estimate of drug-likeness (QED) is 0.655. The lowest BCUT2D eigenvalue weighted by Gasteiger charge is -2.23. The van der Waals surface area contributed by atoms with Gasteiger partial charge in [-0.3, -0.25) is 4.79 Å². The fourth-order valence-electron chi connectivity index (χ4n) is 2.05. The van der Waals surface area contributed by atoms with Crippen LogP contribution in [-0.4, -0.2) is 27.4 Å². The van der Waals surface area contributed by atoms with E-state index in [9.17, 15) is 4.79 Å². The molecule has 2 aromatic rings. The molecular weight excluding hydrogens is 204 g/mol. The molecule has 2 heterocycles. The molecule has 1 aromatic heterocycles. The summed E-state index contributed by atoms with van der Waals surface area (Å²) in [5.41, 5.74) is 8.24. The summed E-state index contributed by atoms with van der Waals surface area (Å²) >= 11 is 0. The van der Waals surface area contributed by atoms with Crippen molar-refractivity contribution in [3.8, 4) is 0 Å². The summed E-state index contributed by atoms with van der Waals surface area (Å²) < 4.78 is 1.96. The molecule has 0 saturated carbocycles. The minimum Gasteiger partial charge on any atom is -0.399 e. The molecule has 0 aliphatic carbocycles. The number of carbonyl (C=O) groups is 1. The fourth-order valence-corrected chi connectivity index (χ4v) is 2.05. The third-order valence-corrected chi connectivity index (χ3v) is 2.95. The Balaban J connectivity index is 2.24. The van der Waals surface area contributed by atoms with E-state index in [0.717, 1.165) is 16.9 Å². The lowest BCUT2D eigenvalue weighted by molar-refractivity contribution is -0.132. The molecule has 1 aromatic carbocycles. The molecule has 16 heavy (non-hydrogen) atoms. The summed E-state index contributed by atoms with van der Waals surface area (Å²) in [7, 11) is 1.79. The Kier molecular flexibility index (Phi) is 1.71. The van der Waals surface area contributed by atoms with Gasteiger partial charge in [0.25, 0.3) is 0 Å². The monoisotopic (exact) mass is 216 g/mol. The van der Waals surface area contributed by atoms with Crippen LogP contribution in [0.2, 0.25) is 0 Å². The molecule has 0 radical (unpaired) electrons. The van der Waals surface area contributed by atoms with Crippen LogP contribution in [0.4, 0.5) is 5.69 Å². The molecule has 0 fully saturated rings. The van der Waals surface area contributed by atoms with Gasteiger partial charge in [-0.15, -0.1) is 0 Å². The lowest BCUT2D eigenvalue weighted by Crippen LogP contribution is -2.36. The second-order valence-electron chi connectivity index (χ2n) is 4.11. The molecule has 3 rings (SSSR count). The van der Waals surface area contributed by atoms with Gasteiger partial charge in [-0.1, -0.05) is 0 Å². The van der Waals surface area contributed by atoms with Gasteiger partial charge in [0.2, 0.25) is 5.91 Å². The standard InChI is InChI=1S/C11H12N4O/c1-14-5-10-13-8-4-7(12)2-3-9(8)15(10)6-11(14)16/h2-4H,5-6,12H2,1H3. The van der Waals surface area contributed by atoms with E-state index >= 15 is 0 Å². The van der Waals surface area contributed by atoms with Crippen molar-refractivity contribution in [2.75, 3.05) is 12.8 Å². The first kappa shape index (κ1) is 9.21. The number of likely N-dealkylation sites (N-methyl/N-ethyl adjacent to an activating group) is 1. The van der Waals surface area contributed by atoms with E-state index in [4.69, 9.17) is 5.73 Å². The van der Waals surface area contributed by atoms with Gasteiger partial charge in [-0.2, -0.15) is 0 Å². The first-order valence-corrected chi connectivity index (χ1v) is 5.14. The second kappa shape index (κ2) is 2.98. The predicted octanol–water partition coefficient (Wildman–Crippen LogP) is 0.591. The van der Waals surface area contributed by atoms with Crippen LogP contribution in [0.25, 0.3) is 11.0 Å². The Bertz CT molecular complexity index is 587. The first-order chi connectivity index (χ1) is 7.65. The molecule has 1 aliphatic heterocycles. The number of hydrogen-bond acceptors (Lipinski definition) is 3. The summed E-state index contributed by atoms with van der Waals surface area (Å²) in [5.74, 6) is 1.03. The van der Waals surface area contributed by atoms with E-state index in [2.05, 4.69) is 4.98 Å². The van der Waals surface area contributed by atoms with Crippen LogP contribution < -0.4 is 5.73 Å². The Labute approximate surface area is 92.5 Å². The van der Waals surface area contributed by atoms with Crippen molar-refractivity contribution in [3.63, 3.8) is 0 Å². The molecule has 0 saturated heterocycles. The van der Waals surface area contributed by atoms with Gasteiger partial charge in [-0.25, -0.2) is 4.98 Å². The third-order valence-electron chi connectivity index (χ3n) is 2.95. The van der Waals surface area contributed by atoms with E-state index in [1.807, 2.05) is 22.8 Å². The molecule has 0 atom stereocenters. The second-order valence-corrected chi connectivity index (χ2v) is 4.11. The Morgan fingerprint density at radius 1 is 1.38 bits per heavy atom. The van der Waals surface area contributed by atoms with Gasteiger partial charge in [0.05, 0.1) is 17.6 Å². The zero-order chi connectivity index (χ0) is 11.3. The smallest absolute Gasteiger partial charge is 0.242 e. The normalized spacial score (nSPS) is 15.6. The molecule has 0 spiro atoms. The van der Waals surface area contributed by atoms with E-state index in [1.165, 1.54) is 0 Å². The number of fused-ring (bicyclic) bond motifs is 3. The van der Waals surface area contributed by atoms with E-state index in [0.29, 0.717) is 18.8 Å². The van der Waals surface area contributed by atoms with Crippen molar-refractivity contribution in [2.45, 2.75) is 13.1 Å². The van der Waals surface area contributed by atoms with Crippen LogP contribution in [0.5, 0.6) is 0 Å². The highest BCUT2D eigenvalue weighted by molar-refractivity contribution is 5.84. The zero-order valence-corrected chi connectivity index (χ0v) is 8.97. The van der Waals surface area contributed by atoms with Crippen molar-refractivity contribution in [3.05, 3.63) is 24.0 Å². The summed E-state index contributed by atoms with van der Waals surface area (Å²) in [5, 5.41) is 0. The summed E-state index contributed by atoms with van der Waals surface area (Å²) in [6.07, 6.45) is 0. The van der Waals surface area contributed by atoms with Crippen LogP contribution in [0.3, 0.4) is 0 Å². The minimum atomic E-state index is 0.114. The number of imidazole rings is 1. The van der Waals surface area contributed by atoms with Crippen LogP contribution in [-0.2, 0) is 17.9 Å². The number of hydrogen-bond donors (Lipinski definition) is 1. The summed E-state index contributed by atoms with van der Waals surface area (Å²) in [4.78, 5) is 17.8. The highest BCUT2D eigenvalue weighted by Gasteiger charge is 2.22. The van der Waals surface area contributed by atoms with E-state index < -0.39 is 0 Å². The number of aromatic nitrogens is 2. The Morgan fingerprint density at radius 3 is 3.00 bits per heavy atom. The van der Waals surface area contributed by atoms with Crippen molar-refractivity contribution in [1.29, 1.82) is 0 Å². The van der Waals surface area contributed by atoms with Crippen LogP contribution in [0.15, 0.2) is 18.2 Å². The lowest BCUT2D eigenvalue weighted by atomic mass is 10.3. The largest absolute Gasteiger partial charge is 0.399 e. The number of rotatable bonds is 0. The molecule has 0 bridgehead atoms. The molecule has 0 unspecified atom stereocenters. The average molecular weight is 216 g/mol. The Hall–Kier alpha value is -2.04. The van der Waals surface area contributed by atoms with Gasteiger partial charge < -0.3 is 15.2 Å². The van der Waals surface area contributed by atoms with Crippen molar-refractivity contribution in [2.24, 2.45) is 0 Å². The van der Waals surface area contributed by atoms with Crippen molar-refractivity contribution >= 4 is 22.6 Å². The topological polar surface area (TPSA) is 64.2 Å². The number of anilines is 1. The highest BCUT2D eigenvalue weighted by atomic mass is 16.2. The maximum atomic E-state index is 11.6. The zero-order valence-electron chi connectivity index (χ0n) is 8.97. The fraction of sp³-hybridized carbons (Fsp3) is 0.273. The van der Waals surface area contributed by atoms with Crippen molar-refractivity contribution < 1.29 is 4.79 Å². The molecule has 1 aliphatic rings. The molecular formula is C11H12N4O. The molecule has 2 N–H and O–H groups in total.